The summed E-state index contributed by atoms with van der Waals surface area (Å²) in [6.45, 7) is 5.10. The molecule has 1 saturated heterocycles. The molecule has 3 atom stereocenters. The van der Waals surface area contributed by atoms with E-state index in [4.69, 9.17) is 0 Å². The molecule has 2 aliphatic carbocycles. The molecular weight excluding hydrogens is 454 g/mol. The molecule has 9 heteroatoms. The Bertz CT molecular complexity index is 1060. The summed E-state index contributed by atoms with van der Waals surface area (Å²) in [5.41, 5.74) is -0.592. The monoisotopic (exact) mass is 489 g/mol. The van der Waals surface area contributed by atoms with Gasteiger partial charge in [0.1, 0.15) is 11.8 Å². The van der Waals surface area contributed by atoms with E-state index in [9.17, 15) is 22.8 Å². The Morgan fingerprint density at radius 2 is 1.79 bits per heavy atom. The molecule has 0 spiro atoms. The Balaban J connectivity index is 1.30. The van der Waals surface area contributed by atoms with Gasteiger partial charge in [0.2, 0.25) is 15.9 Å². The zero-order valence-electron chi connectivity index (χ0n) is 20.0. The zero-order chi connectivity index (χ0) is 24.6. The second kappa shape index (κ2) is 9.41. The summed E-state index contributed by atoms with van der Waals surface area (Å²) < 4.78 is 28.2. The van der Waals surface area contributed by atoms with Gasteiger partial charge in [0.05, 0.1) is 5.75 Å². The maximum atomic E-state index is 13.5. The number of sulfonamides is 1. The minimum Gasteiger partial charge on any atom is -0.355 e. The van der Waals surface area contributed by atoms with Crippen molar-refractivity contribution in [1.82, 2.24) is 14.9 Å². The molecule has 1 aliphatic heterocycles. The van der Waals surface area contributed by atoms with Crippen LogP contribution in [-0.4, -0.2) is 61.7 Å². The number of fused-ring (bicyclic) bond motifs is 2. The van der Waals surface area contributed by atoms with Crippen molar-refractivity contribution in [1.29, 1.82) is 0 Å². The first kappa shape index (κ1) is 24.9. The van der Waals surface area contributed by atoms with Gasteiger partial charge in [-0.1, -0.05) is 32.0 Å². The van der Waals surface area contributed by atoms with Crippen molar-refractivity contribution < 1.29 is 22.8 Å². The molecular formula is C25H35N3O5S. The quantitative estimate of drug-likeness (QED) is 0.516. The normalized spacial score (nSPS) is 28.2. The number of rotatable bonds is 9. The van der Waals surface area contributed by atoms with Crippen LogP contribution in [-0.2, 0) is 19.6 Å². The average molecular weight is 490 g/mol. The lowest BCUT2D eigenvalue weighted by Gasteiger charge is -2.37. The maximum absolute atomic E-state index is 13.5. The molecule has 34 heavy (non-hydrogen) atoms. The van der Waals surface area contributed by atoms with Crippen LogP contribution in [0.15, 0.2) is 30.3 Å². The minimum atomic E-state index is -3.77. The molecule has 8 nitrogen and oxygen atoms in total. The van der Waals surface area contributed by atoms with E-state index in [2.05, 4.69) is 10.6 Å². The molecule has 3 fully saturated rings. The van der Waals surface area contributed by atoms with Crippen LogP contribution >= 0.6 is 0 Å². The van der Waals surface area contributed by atoms with Gasteiger partial charge < -0.3 is 10.6 Å². The van der Waals surface area contributed by atoms with E-state index >= 15 is 0 Å². The van der Waals surface area contributed by atoms with Crippen molar-refractivity contribution in [3.05, 3.63) is 35.9 Å². The lowest BCUT2D eigenvalue weighted by molar-refractivity contribution is -0.128. The summed E-state index contributed by atoms with van der Waals surface area (Å²) in [5.74, 6) is -0.366. The first-order valence-corrected chi connectivity index (χ1v) is 13.8. The lowest BCUT2D eigenvalue weighted by atomic mass is 9.70. The number of carbonyl (C=O) groups excluding carboxylic acids is 3. The van der Waals surface area contributed by atoms with Crippen molar-refractivity contribution in [2.45, 2.75) is 58.4 Å². The number of carbonyl (C=O) groups is 3. The summed E-state index contributed by atoms with van der Waals surface area (Å²) >= 11 is 0. The molecule has 186 valence electrons. The number of ketones is 1. The molecule has 1 aromatic carbocycles. The number of hydrogen-bond donors (Lipinski definition) is 2. The first-order chi connectivity index (χ1) is 16.1. The molecule has 3 aliphatic rings. The second-order valence-corrected chi connectivity index (χ2v) is 12.4. The van der Waals surface area contributed by atoms with Gasteiger partial charge in [0.25, 0.3) is 5.91 Å². The maximum Gasteiger partial charge on any atom is 0.251 e. The number of nitrogens with zero attached hydrogens (tertiary/aromatic N) is 1. The van der Waals surface area contributed by atoms with Crippen LogP contribution in [0.4, 0.5) is 0 Å². The van der Waals surface area contributed by atoms with Crippen molar-refractivity contribution >= 4 is 27.6 Å². The number of nitrogens with one attached hydrogen (secondary N) is 2. The van der Waals surface area contributed by atoms with E-state index in [-0.39, 0.29) is 34.7 Å². The summed E-state index contributed by atoms with van der Waals surface area (Å²) in [4.78, 5) is 37.7. The van der Waals surface area contributed by atoms with Gasteiger partial charge in [-0.2, -0.15) is 4.31 Å². The molecule has 0 radical (unpaired) electrons. The average Bonchev–Trinajstić information content (AvgIpc) is 3.44. The van der Waals surface area contributed by atoms with Crippen LogP contribution in [0.2, 0.25) is 0 Å². The highest BCUT2D eigenvalue weighted by Gasteiger charge is 2.66. The second-order valence-electron chi connectivity index (χ2n) is 10.5. The topological polar surface area (TPSA) is 113 Å². The largest absolute Gasteiger partial charge is 0.355 e. The molecule has 0 aromatic heterocycles. The zero-order valence-corrected chi connectivity index (χ0v) is 20.8. The Hall–Kier alpha value is -2.26. The summed E-state index contributed by atoms with van der Waals surface area (Å²) in [6, 6.07) is 8.16. The van der Waals surface area contributed by atoms with Gasteiger partial charge >= 0.3 is 0 Å². The predicted molar refractivity (Wildman–Crippen MR) is 128 cm³/mol. The van der Waals surface area contributed by atoms with Crippen molar-refractivity contribution in [2.24, 2.45) is 16.7 Å². The molecule has 4 rings (SSSR count). The molecule has 0 unspecified atom stereocenters. The molecule has 1 aromatic rings. The SMILES string of the molecule is CC1(C)[C@H]2CC[C@@]1(CS(=O)(=O)N1CCC[C@H]1C(=O)NCCCNC(=O)c1ccccc1)C(=O)C2. The number of hydrogen-bond acceptors (Lipinski definition) is 5. The summed E-state index contributed by atoms with van der Waals surface area (Å²) in [6.07, 6.45) is 3.60. The van der Waals surface area contributed by atoms with Crippen molar-refractivity contribution in [3.8, 4) is 0 Å². The van der Waals surface area contributed by atoms with E-state index in [0.717, 1.165) is 6.42 Å². The third kappa shape index (κ3) is 4.40. The third-order valence-electron chi connectivity index (χ3n) is 8.41. The Morgan fingerprint density at radius 3 is 2.44 bits per heavy atom. The van der Waals surface area contributed by atoms with E-state index < -0.39 is 21.5 Å². The molecule has 2 saturated carbocycles. The number of Topliss-reactive ketones (excluding diaryl/α,β-unsaturated/α-hetero) is 1. The lowest BCUT2D eigenvalue weighted by Crippen LogP contribution is -2.51. The smallest absolute Gasteiger partial charge is 0.251 e. The van der Waals surface area contributed by atoms with Gasteiger partial charge in [0.15, 0.2) is 0 Å². The fourth-order valence-corrected chi connectivity index (χ4v) is 8.61. The summed E-state index contributed by atoms with van der Waals surface area (Å²) in [7, 11) is -3.77. The van der Waals surface area contributed by atoms with Gasteiger partial charge in [-0.15, -0.1) is 0 Å². The van der Waals surface area contributed by atoms with E-state index in [1.165, 1.54) is 4.31 Å². The third-order valence-corrected chi connectivity index (χ3v) is 10.4. The number of benzene rings is 1. The van der Waals surface area contributed by atoms with Crippen LogP contribution in [0, 0.1) is 16.7 Å². The molecule has 2 bridgehead atoms. The molecule has 2 amide bonds. The van der Waals surface area contributed by atoms with E-state index in [1.54, 1.807) is 24.3 Å². The van der Waals surface area contributed by atoms with Crippen LogP contribution in [0.25, 0.3) is 0 Å². The molecule has 1 heterocycles. The van der Waals surface area contributed by atoms with Crippen LogP contribution in [0.1, 0.15) is 62.7 Å². The highest BCUT2D eigenvalue weighted by molar-refractivity contribution is 7.89. The van der Waals surface area contributed by atoms with Crippen LogP contribution in [0.5, 0.6) is 0 Å². The van der Waals surface area contributed by atoms with Gasteiger partial charge in [0, 0.05) is 37.0 Å². The van der Waals surface area contributed by atoms with Gasteiger partial charge in [-0.05, 0) is 55.6 Å². The molecule has 2 N–H and O–H groups in total. The fourth-order valence-electron chi connectivity index (χ4n) is 6.15. The van der Waals surface area contributed by atoms with Gasteiger partial charge in [-0.25, -0.2) is 8.42 Å². The fraction of sp³-hybridized carbons (Fsp3) is 0.640. The Morgan fingerprint density at radius 1 is 1.09 bits per heavy atom. The van der Waals surface area contributed by atoms with Gasteiger partial charge in [-0.3, -0.25) is 14.4 Å². The summed E-state index contributed by atoms with van der Waals surface area (Å²) in [5, 5.41) is 5.64. The van der Waals surface area contributed by atoms with Crippen LogP contribution < -0.4 is 10.6 Å². The van der Waals surface area contributed by atoms with Crippen LogP contribution in [0.3, 0.4) is 0 Å². The van der Waals surface area contributed by atoms with E-state index in [0.29, 0.717) is 57.3 Å². The Kier molecular flexibility index (Phi) is 6.88. The standard InChI is InChI=1S/C25H35N3O5S/c1-24(2)19-11-12-25(24,21(29)16-19)17-34(32,33)28-15-6-10-20(28)23(31)27-14-7-13-26-22(30)18-8-4-3-5-9-18/h3-5,8-9,19-20H,6-7,10-17H2,1-2H3,(H,26,30)(H,27,31)/t19-,20-,25+/m0/s1. The number of amides is 2. The highest BCUT2D eigenvalue weighted by atomic mass is 32.2. The van der Waals surface area contributed by atoms with Crippen molar-refractivity contribution in [2.75, 3.05) is 25.4 Å². The van der Waals surface area contributed by atoms with E-state index in [1.807, 2.05) is 19.9 Å². The minimum absolute atomic E-state index is 0.0649. The highest BCUT2D eigenvalue weighted by Crippen LogP contribution is 2.64. The Labute approximate surface area is 201 Å². The predicted octanol–water partition coefficient (Wildman–Crippen LogP) is 2.11. The van der Waals surface area contributed by atoms with Crippen molar-refractivity contribution in [3.63, 3.8) is 0 Å². The first-order valence-electron chi connectivity index (χ1n) is 12.2.